The number of piperidine rings is 1. The molecular formula is C18H18N4O2S. The highest BCUT2D eigenvalue weighted by atomic mass is 32.1. The summed E-state index contributed by atoms with van der Waals surface area (Å²) >= 11 is 1.53. The SMILES string of the molecule is O=C(Nc1ncc(C2CCNCC2)s1)c1cc(-c2ccccc2)no1. The normalized spacial score (nSPS) is 15.2. The van der Waals surface area contributed by atoms with Gasteiger partial charge in [0.25, 0.3) is 5.91 Å². The van der Waals surface area contributed by atoms with Crippen LogP contribution in [0.4, 0.5) is 5.13 Å². The van der Waals surface area contributed by atoms with Crippen molar-refractivity contribution < 1.29 is 9.32 Å². The van der Waals surface area contributed by atoms with Gasteiger partial charge in [0.05, 0.1) is 0 Å². The van der Waals surface area contributed by atoms with E-state index in [1.165, 1.54) is 16.2 Å². The minimum atomic E-state index is -0.333. The molecule has 1 fully saturated rings. The Morgan fingerprint density at radius 2 is 2.04 bits per heavy atom. The fraction of sp³-hybridized carbons (Fsp3) is 0.278. The van der Waals surface area contributed by atoms with E-state index in [1.807, 2.05) is 36.5 Å². The first-order chi connectivity index (χ1) is 12.3. The van der Waals surface area contributed by atoms with Gasteiger partial charge in [0.15, 0.2) is 5.13 Å². The third-order valence-electron chi connectivity index (χ3n) is 4.29. The van der Waals surface area contributed by atoms with E-state index in [9.17, 15) is 4.79 Å². The van der Waals surface area contributed by atoms with Gasteiger partial charge in [0.1, 0.15) is 5.69 Å². The summed E-state index contributed by atoms with van der Waals surface area (Å²) in [5, 5.41) is 10.7. The average molecular weight is 354 g/mol. The molecule has 1 aliphatic heterocycles. The Bertz CT molecular complexity index is 853. The summed E-state index contributed by atoms with van der Waals surface area (Å²) in [7, 11) is 0. The third kappa shape index (κ3) is 3.62. The van der Waals surface area contributed by atoms with E-state index >= 15 is 0 Å². The smallest absolute Gasteiger partial charge is 0.296 e. The van der Waals surface area contributed by atoms with Gasteiger partial charge in [-0.15, -0.1) is 11.3 Å². The van der Waals surface area contributed by atoms with Crippen LogP contribution in [-0.2, 0) is 0 Å². The van der Waals surface area contributed by atoms with Gasteiger partial charge >= 0.3 is 0 Å². The molecule has 1 aromatic carbocycles. The molecule has 2 N–H and O–H groups in total. The molecular weight excluding hydrogens is 336 g/mol. The van der Waals surface area contributed by atoms with Crippen molar-refractivity contribution in [1.29, 1.82) is 0 Å². The van der Waals surface area contributed by atoms with Crippen molar-refractivity contribution in [2.45, 2.75) is 18.8 Å². The molecule has 3 heterocycles. The Morgan fingerprint density at radius 1 is 1.24 bits per heavy atom. The summed E-state index contributed by atoms with van der Waals surface area (Å²) in [6.07, 6.45) is 4.09. The number of rotatable bonds is 4. The van der Waals surface area contributed by atoms with Gasteiger partial charge in [0, 0.05) is 22.7 Å². The van der Waals surface area contributed by atoms with E-state index in [2.05, 4.69) is 20.8 Å². The summed E-state index contributed by atoms with van der Waals surface area (Å²) in [4.78, 5) is 17.9. The van der Waals surface area contributed by atoms with Crippen molar-refractivity contribution in [2.75, 3.05) is 18.4 Å². The molecule has 2 aromatic heterocycles. The van der Waals surface area contributed by atoms with Gasteiger partial charge in [-0.05, 0) is 31.8 Å². The number of nitrogens with one attached hydrogen (secondary N) is 2. The largest absolute Gasteiger partial charge is 0.350 e. The van der Waals surface area contributed by atoms with E-state index < -0.39 is 0 Å². The second kappa shape index (κ2) is 7.16. The van der Waals surface area contributed by atoms with E-state index in [0.29, 0.717) is 16.7 Å². The molecule has 0 saturated carbocycles. The molecule has 0 atom stereocenters. The Kier molecular flexibility index (Phi) is 4.58. The number of hydrogen-bond acceptors (Lipinski definition) is 6. The number of hydrogen-bond donors (Lipinski definition) is 2. The molecule has 25 heavy (non-hydrogen) atoms. The van der Waals surface area contributed by atoms with Crippen LogP contribution in [-0.4, -0.2) is 29.1 Å². The molecule has 0 radical (unpaired) electrons. The van der Waals surface area contributed by atoms with Gasteiger partial charge in [-0.3, -0.25) is 10.1 Å². The third-order valence-corrected chi connectivity index (χ3v) is 5.36. The zero-order valence-corrected chi connectivity index (χ0v) is 14.4. The summed E-state index contributed by atoms with van der Waals surface area (Å²) in [5.74, 6) is 0.373. The maximum Gasteiger partial charge on any atom is 0.296 e. The molecule has 1 amide bonds. The monoisotopic (exact) mass is 354 g/mol. The zero-order valence-electron chi connectivity index (χ0n) is 13.6. The first-order valence-corrected chi connectivity index (χ1v) is 9.11. The number of benzene rings is 1. The summed E-state index contributed by atoms with van der Waals surface area (Å²) in [6.45, 7) is 2.06. The first kappa shape index (κ1) is 16.0. The summed E-state index contributed by atoms with van der Waals surface area (Å²) in [6, 6.07) is 11.3. The summed E-state index contributed by atoms with van der Waals surface area (Å²) < 4.78 is 5.18. The highest BCUT2D eigenvalue weighted by molar-refractivity contribution is 7.15. The number of carbonyl (C=O) groups is 1. The van der Waals surface area contributed by atoms with Gasteiger partial charge in [0.2, 0.25) is 5.76 Å². The lowest BCUT2D eigenvalue weighted by Crippen LogP contribution is -2.26. The second-order valence-electron chi connectivity index (χ2n) is 5.99. The maximum absolute atomic E-state index is 12.4. The molecule has 128 valence electrons. The van der Waals surface area contributed by atoms with Crippen LogP contribution in [0.3, 0.4) is 0 Å². The predicted molar refractivity (Wildman–Crippen MR) is 96.9 cm³/mol. The molecule has 0 aliphatic carbocycles. The average Bonchev–Trinajstić information content (AvgIpc) is 3.33. The second-order valence-corrected chi connectivity index (χ2v) is 7.05. The van der Waals surface area contributed by atoms with Crippen molar-refractivity contribution in [1.82, 2.24) is 15.5 Å². The minimum absolute atomic E-state index is 0.178. The van der Waals surface area contributed by atoms with E-state index in [1.54, 1.807) is 6.07 Å². The van der Waals surface area contributed by atoms with Crippen molar-refractivity contribution in [2.24, 2.45) is 0 Å². The predicted octanol–water partition coefficient (Wildman–Crippen LogP) is 3.52. The van der Waals surface area contributed by atoms with Crippen LogP contribution < -0.4 is 10.6 Å². The van der Waals surface area contributed by atoms with Crippen molar-refractivity contribution >= 4 is 22.4 Å². The van der Waals surface area contributed by atoms with Gasteiger partial charge in [-0.1, -0.05) is 35.5 Å². The van der Waals surface area contributed by atoms with Gasteiger partial charge < -0.3 is 9.84 Å². The maximum atomic E-state index is 12.4. The lowest BCUT2D eigenvalue weighted by molar-refractivity contribution is 0.0988. The molecule has 4 rings (SSSR count). The van der Waals surface area contributed by atoms with Crippen LogP contribution in [0.15, 0.2) is 47.1 Å². The molecule has 1 aliphatic rings. The Labute approximate surface area is 149 Å². The quantitative estimate of drug-likeness (QED) is 0.749. The zero-order chi connectivity index (χ0) is 17.1. The van der Waals surface area contributed by atoms with Crippen molar-refractivity contribution in [3.05, 3.63) is 53.2 Å². The van der Waals surface area contributed by atoms with Crippen LogP contribution in [0.2, 0.25) is 0 Å². The van der Waals surface area contributed by atoms with Gasteiger partial charge in [-0.2, -0.15) is 0 Å². The number of amides is 1. The van der Waals surface area contributed by atoms with Crippen LogP contribution >= 0.6 is 11.3 Å². The number of nitrogens with zero attached hydrogens (tertiary/aromatic N) is 2. The van der Waals surface area contributed by atoms with Crippen LogP contribution in [0.5, 0.6) is 0 Å². The first-order valence-electron chi connectivity index (χ1n) is 8.29. The fourth-order valence-electron chi connectivity index (χ4n) is 2.93. The molecule has 7 heteroatoms. The van der Waals surface area contributed by atoms with Crippen LogP contribution in [0, 0.1) is 0 Å². The van der Waals surface area contributed by atoms with E-state index in [4.69, 9.17) is 4.52 Å². The van der Waals surface area contributed by atoms with Crippen LogP contribution in [0.25, 0.3) is 11.3 Å². The molecule has 1 saturated heterocycles. The Morgan fingerprint density at radius 3 is 2.84 bits per heavy atom. The molecule has 3 aromatic rings. The number of thiazole rings is 1. The van der Waals surface area contributed by atoms with E-state index in [0.717, 1.165) is 31.5 Å². The molecule has 6 nitrogen and oxygen atoms in total. The van der Waals surface area contributed by atoms with Crippen molar-refractivity contribution in [3.63, 3.8) is 0 Å². The van der Waals surface area contributed by atoms with Gasteiger partial charge in [-0.25, -0.2) is 4.98 Å². The Balaban J connectivity index is 1.44. The lowest BCUT2D eigenvalue weighted by atomic mass is 9.97. The molecule has 0 bridgehead atoms. The molecule has 0 unspecified atom stereocenters. The van der Waals surface area contributed by atoms with Crippen LogP contribution in [0.1, 0.15) is 34.2 Å². The van der Waals surface area contributed by atoms with E-state index in [-0.39, 0.29) is 11.7 Å². The lowest BCUT2D eigenvalue weighted by Gasteiger charge is -2.20. The summed E-state index contributed by atoms with van der Waals surface area (Å²) in [5.41, 5.74) is 1.55. The highest BCUT2D eigenvalue weighted by Crippen LogP contribution is 2.32. The molecule has 0 spiro atoms. The fourth-order valence-corrected chi connectivity index (χ4v) is 3.91. The number of carbonyl (C=O) groups excluding carboxylic acids is 1. The minimum Gasteiger partial charge on any atom is -0.350 e. The highest BCUT2D eigenvalue weighted by Gasteiger charge is 2.20. The number of aromatic nitrogens is 2. The Hall–Kier alpha value is -2.51. The number of anilines is 1. The van der Waals surface area contributed by atoms with Crippen molar-refractivity contribution in [3.8, 4) is 11.3 Å². The topological polar surface area (TPSA) is 80.0 Å². The standard InChI is InChI=1S/C18H18N4O2S/c23-17(15-10-14(22-24-15)12-4-2-1-3-5-12)21-18-20-11-16(25-18)13-6-8-19-9-7-13/h1-5,10-11,13,19H,6-9H2,(H,20,21,23).